The van der Waals surface area contributed by atoms with E-state index in [4.69, 9.17) is 24.7 Å². The second-order valence-electron chi connectivity index (χ2n) is 5.93. The molecule has 0 saturated heterocycles. The van der Waals surface area contributed by atoms with Gasteiger partial charge in [0, 0.05) is 5.69 Å². The van der Waals surface area contributed by atoms with Gasteiger partial charge >= 0.3 is 0 Å². The number of nitrogens with zero attached hydrogens (tertiary/aromatic N) is 2. The Morgan fingerprint density at radius 2 is 1.36 bits per heavy atom. The number of rotatable bonds is 5. The summed E-state index contributed by atoms with van der Waals surface area (Å²) in [7, 11) is 6.40. The lowest BCUT2D eigenvalue weighted by molar-refractivity contribution is 0.353. The highest BCUT2D eigenvalue weighted by atomic mass is 16.5. The Balaban J connectivity index is 0.000000221. The van der Waals surface area contributed by atoms with Crippen LogP contribution in [0.2, 0.25) is 0 Å². The maximum atomic E-state index is 5.60. The highest BCUT2D eigenvalue weighted by Crippen LogP contribution is 2.34. The molecule has 0 bridgehead atoms. The van der Waals surface area contributed by atoms with Crippen LogP contribution >= 0.6 is 0 Å². The number of nitrogen functional groups attached to an aromatic ring is 1. The zero-order valence-electron chi connectivity index (χ0n) is 17.1. The summed E-state index contributed by atoms with van der Waals surface area (Å²) in [6, 6.07) is 13.2. The first-order valence-electron chi connectivity index (χ1n) is 8.67. The molecule has 0 fully saturated rings. The molecule has 1 aromatic heterocycles. The molecular weight excluding hydrogens is 358 g/mol. The Morgan fingerprint density at radius 1 is 0.786 bits per heavy atom. The van der Waals surface area contributed by atoms with E-state index in [2.05, 4.69) is 5.10 Å². The van der Waals surface area contributed by atoms with Gasteiger partial charge in [-0.1, -0.05) is 12.1 Å². The molecule has 0 aliphatic rings. The fourth-order valence-electron chi connectivity index (χ4n) is 2.82. The molecule has 150 valence electrons. The summed E-state index contributed by atoms with van der Waals surface area (Å²) in [5, 5.41) is 4.45. The number of nitrogens with two attached hydrogens (primary N) is 1. The van der Waals surface area contributed by atoms with E-state index in [0.717, 1.165) is 17.1 Å². The van der Waals surface area contributed by atoms with Crippen molar-refractivity contribution in [3.05, 3.63) is 53.9 Å². The Hall–Kier alpha value is -3.35. The molecule has 28 heavy (non-hydrogen) atoms. The average molecular weight is 385 g/mol. The van der Waals surface area contributed by atoms with Gasteiger partial charge in [0.15, 0.2) is 23.0 Å². The minimum Gasteiger partial charge on any atom is -0.493 e. The van der Waals surface area contributed by atoms with Gasteiger partial charge in [0.25, 0.3) is 0 Å². The molecule has 0 saturated carbocycles. The normalized spacial score (nSPS) is 9.93. The zero-order chi connectivity index (χ0) is 20.7. The van der Waals surface area contributed by atoms with Crippen molar-refractivity contribution < 1.29 is 18.9 Å². The van der Waals surface area contributed by atoms with E-state index in [1.54, 1.807) is 40.6 Å². The van der Waals surface area contributed by atoms with Crippen LogP contribution in [-0.2, 0) is 0 Å². The largest absolute Gasteiger partial charge is 0.493 e. The lowest BCUT2D eigenvalue weighted by atomic mass is 10.2. The molecule has 0 unspecified atom stereocenters. The Kier molecular flexibility index (Phi) is 7.14. The summed E-state index contributed by atoms with van der Waals surface area (Å²) in [5.41, 5.74) is 9.12. The van der Waals surface area contributed by atoms with Crippen molar-refractivity contribution in [3.63, 3.8) is 0 Å². The predicted molar refractivity (Wildman–Crippen MR) is 110 cm³/mol. The third-order valence-electron chi connectivity index (χ3n) is 4.05. The van der Waals surface area contributed by atoms with Crippen molar-refractivity contribution in [2.75, 3.05) is 34.2 Å². The van der Waals surface area contributed by atoms with Gasteiger partial charge in [0.2, 0.25) is 0 Å². The van der Waals surface area contributed by atoms with Crippen LogP contribution in [0.15, 0.2) is 42.5 Å². The fraction of sp³-hybridized carbons (Fsp3) is 0.286. The van der Waals surface area contributed by atoms with E-state index in [-0.39, 0.29) is 0 Å². The van der Waals surface area contributed by atoms with E-state index < -0.39 is 0 Å². The third kappa shape index (κ3) is 4.49. The van der Waals surface area contributed by atoms with Crippen LogP contribution in [0.3, 0.4) is 0 Å². The van der Waals surface area contributed by atoms with Gasteiger partial charge in [0.1, 0.15) is 5.69 Å². The molecule has 3 aromatic rings. The third-order valence-corrected chi connectivity index (χ3v) is 4.05. The predicted octanol–water partition coefficient (Wildman–Crippen LogP) is 3.79. The van der Waals surface area contributed by atoms with E-state index in [0.29, 0.717) is 28.7 Å². The molecular formula is C21H27N3O4. The van der Waals surface area contributed by atoms with Crippen molar-refractivity contribution in [1.29, 1.82) is 0 Å². The van der Waals surface area contributed by atoms with Gasteiger partial charge in [-0.05, 0) is 44.2 Å². The van der Waals surface area contributed by atoms with E-state index in [1.807, 2.05) is 48.9 Å². The number of methoxy groups -OCH3 is 4. The highest BCUT2D eigenvalue weighted by molar-refractivity contribution is 5.60. The second kappa shape index (κ2) is 9.55. The smallest absolute Gasteiger partial charge is 0.186 e. The van der Waals surface area contributed by atoms with Crippen LogP contribution in [0, 0.1) is 13.8 Å². The van der Waals surface area contributed by atoms with E-state index in [9.17, 15) is 0 Å². The van der Waals surface area contributed by atoms with Crippen LogP contribution < -0.4 is 24.7 Å². The van der Waals surface area contributed by atoms with Crippen LogP contribution in [0.1, 0.15) is 11.4 Å². The van der Waals surface area contributed by atoms with Crippen molar-refractivity contribution in [2.45, 2.75) is 13.8 Å². The Labute approximate surface area is 165 Å². The number of aryl methyl sites for hydroxylation is 2. The quantitative estimate of drug-likeness (QED) is 0.673. The van der Waals surface area contributed by atoms with Gasteiger partial charge < -0.3 is 24.7 Å². The SMILES string of the molecule is COc1cccc(-n2nc(C)cc2C)c1OC.COc1cccc(N)c1OC. The maximum absolute atomic E-state index is 5.60. The molecule has 0 amide bonds. The van der Waals surface area contributed by atoms with Gasteiger partial charge in [-0.25, -0.2) is 4.68 Å². The number of hydrogen-bond donors (Lipinski definition) is 1. The van der Waals surface area contributed by atoms with Crippen molar-refractivity contribution in [3.8, 4) is 28.7 Å². The first-order valence-corrected chi connectivity index (χ1v) is 8.67. The van der Waals surface area contributed by atoms with E-state index in [1.165, 1.54) is 0 Å². The summed E-state index contributed by atoms with van der Waals surface area (Å²) in [4.78, 5) is 0. The minimum atomic E-state index is 0.590. The molecule has 0 radical (unpaired) electrons. The van der Waals surface area contributed by atoms with Gasteiger partial charge in [-0.15, -0.1) is 0 Å². The van der Waals surface area contributed by atoms with Crippen LogP contribution in [-0.4, -0.2) is 38.2 Å². The number of aromatic nitrogens is 2. The summed E-state index contributed by atoms with van der Waals surface area (Å²) in [6.07, 6.45) is 0. The second-order valence-corrected chi connectivity index (χ2v) is 5.93. The summed E-state index contributed by atoms with van der Waals surface area (Å²) in [6.45, 7) is 3.98. The number of hydrogen-bond acceptors (Lipinski definition) is 6. The number of ether oxygens (including phenoxy) is 4. The van der Waals surface area contributed by atoms with Crippen LogP contribution in [0.25, 0.3) is 5.69 Å². The van der Waals surface area contributed by atoms with Crippen molar-refractivity contribution in [2.24, 2.45) is 0 Å². The molecule has 7 heteroatoms. The molecule has 3 rings (SSSR count). The number of para-hydroxylation sites is 2. The van der Waals surface area contributed by atoms with Gasteiger partial charge in [-0.3, -0.25) is 0 Å². The molecule has 0 atom stereocenters. The molecule has 7 nitrogen and oxygen atoms in total. The maximum Gasteiger partial charge on any atom is 0.186 e. The molecule has 2 N–H and O–H groups in total. The standard InChI is InChI=1S/C13H16N2O2.C8H11NO2/c1-9-8-10(2)15(14-9)11-6-5-7-12(16-3)13(11)17-4;1-10-7-5-3-4-6(9)8(7)11-2/h5-8H,1-4H3;3-5H,9H2,1-2H3. The highest BCUT2D eigenvalue weighted by Gasteiger charge is 2.13. The number of benzene rings is 2. The summed E-state index contributed by atoms with van der Waals surface area (Å²) in [5.74, 6) is 2.65. The first kappa shape index (κ1) is 21.0. The molecule has 0 aliphatic carbocycles. The fourth-order valence-corrected chi connectivity index (χ4v) is 2.82. The summed E-state index contributed by atoms with van der Waals surface area (Å²) < 4.78 is 22.6. The lowest BCUT2D eigenvalue weighted by Crippen LogP contribution is -2.03. The van der Waals surface area contributed by atoms with Crippen LogP contribution in [0.4, 0.5) is 5.69 Å². The lowest BCUT2D eigenvalue weighted by Gasteiger charge is -2.13. The Bertz CT molecular complexity index is 922. The first-order chi connectivity index (χ1) is 13.5. The van der Waals surface area contributed by atoms with Gasteiger partial charge in [0.05, 0.1) is 39.8 Å². The molecule has 0 aliphatic heterocycles. The van der Waals surface area contributed by atoms with Crippen molar-refractivity contribution >= 4 is 5.69 Å². The number of anilines is 1. The topological polar surface area (TPSA) is 80.8 Å². The van der Waals surface area contributed by atoms with Crippen molar-refractivity contribution in [1.82, 2.24) is 9.78 Å². The van der Waals surface area contributed by atoms with E-state index >= 15 is 0 Å². The molecule has 2 aromatic carbocycles. The van der Waals surface area contributed by atoms with Gasteiger partial charge in [-0.2, -0.15) is 5.10 Å². The average Bonchev–Trinajstić information content (AvgIpc) is 3.05. The van der Waals surface area contributed by atoms with Crippen LogP contribution in [0.5, 0.6) is 23.0 Å². The minimum absolute atomic E-state index is 0.590. The Morgan fingerprint density at radius 3 is 1.82 bits per heavy atom. The molecule has 0 spiro atoms. The molecule has 1 heterocycles. The summed E-state index contributed by atoms with van der Waals surface area (Å²) >= 11 is 0. The zero-order valence-corrected chi connectivity index (χ0v) is 17.1. The monoisotopic (exact) mass is 385 g/mol.